The summed E-state index contributed by atoms with van der Waals surface area (Å²) in [4.78, 5) is 36.7. The number of thiophene rings is 1. The summed E-state index contributed by atoms with van der Waals surface area (Å²) in [6, 6.07) is 6.93. The van der Waals surface area contributed by atoms with Gasteiger partial charge in [-0.05, 0) is 36.5 Å². The molecule has 0 unspecified atom stereocenters. The predicted octanol–water partition coefficient (Wildman–Crippen LogP) is 2.71. The molecule has 6 nitrogen and oxygen atoms in total. The van der Waals surface area contributed by atoms with Crippen molar-refractivity contribution < 1.29 is 19.1 Å². The normalized spacial score (nSPS) is 12.5. The van der Waals surface area contributed by atoms with E-state index in [-0.39, 0.29) is 6.42 Å². The van der Waals surface area contributed by atoms with Crippen LogP contribution in [0.4, 0.5) is 5.00 Å². The van der Waals surface area contributed by atoms with E-state index in [1.54, 1.807) is 24.3 Å². The van der Waals surface area contributed by atoms with Crippen molar-refractivity contribution in [3.05, 3.63) is 50.9 Å². The topological polar surface area (TPSA) is 98.5 Å². The Morgan fingerprint density at radius 1 is 1.23 bits per heavy atom. The number of hydrogen-bond acceptors (Lipinski definition) is 5. The molecule has 3 N–H and O–H groups in total. The Kier molecular flexibility index (Phi) is 5.58. The second-order valence-electron chi connectivity index (χ2n) is 5.90. The summed E-state index contributed by atoms with van der Waals surface area (Å²) in [5, 5.41) is 3.52. The van der Waals surface area contributed by atoms with Crippen molar-refractivity contribution in [2.45, 2.75) is 25.7 Å². The molecular weight excluding hydrogens is 376 g/mol. The first-order chi connectivity index (χ1) is 12.5. The molecular formula is C18H17ClN2O4S. The van der Waals surface area contributed by atoms with Crippen LogP contribution in [0.15, 0.2) is 24.3 Å². The van der Waals surface area contributed by atoms with Crippen LogP contribution in [0.25, 0.3) is 0 Å². The highest BCUT2D eigenvalue weighted by Gasteiger charge is 2.26. The van der Waals surface area contributed by atoms with E-state index in [0.717, 1.165) is 29.7 Å². The standard InChI is InChI=1S/C18H17ClN2O4S/c19-12-6-2-1-4-10(12)8-15(23)25-9-14(22)21-18-16(17(20)24)11-5-3-7-13(11)26-18/h1-2,4,6H,3,5,7-9H2,(H2,20,24)(H,21,22). The number of halogens is 1. The Morgan fingerprint density at radius 2 is 2.00 bits per heavy atom. The predicted molar refractivity (Wildman–Crippen MR) is 99.6 cm³/mol. The van der Waals surface area contributed by atoms with Crippen LogP contribution in [0.1, 0.15) is 32.8 Å². The van der Waals surface area contributed by atoms with E-state index in [0.29, 0.717) is 21.2 Å². The molecule has 0 fully saturated rings. The minimum absolute atomic E-state index is 0.0210. The van der Waals surface area contributed by atoms with Gasteiger partial charge in [0.15, 0.2) is 6.61 Å². The molecule has 0 radical (unpaired) electrons. The number of amides is 2. The lowest BCUT2D eigenvalue weighted by atomic mass is 10.1. The van der Waals surface area contributed by atoms with Gasteiger partial charge >= 0.3 is 5.97 Å². The van der Waals surface area contributed by atoms with E-state index in [2.05, 4.69) is 5.32 Å². The first-order valence-corrected chi connectivity index (χ1v) is 9.28. The van der Waals surface area contributed by atoms with Crippen molar-refractivity contribution in [2.75, 3.05) is 11.9 Å². The average Bonchev–Trinajstić information content (AvgIpc) is 3.15. The second kappa shape index (κ2) is 7.88. The summed E-state index contributed by atoms with van der Waals surface area (Å²) >= 11 is 7.35. The van der Waals surface area contributed by atoms with Crippen LogP contribution >= 0.6 is 22.9 Å². The summed E-state index contributed by atoms with van der Waals surface area (Å²) in [6.45, 7) is -0.440. The summed E-state index contributed by atoms with van der Waals surface area (Å²) < 4.78 is 4.99. The Bertz CT molecular complexity index is 878. The fraction of sp³-hybridized carbons (Fsp3) is 0.278. The first kappa shape index (κ1) is 18.4. The minimum Gasteiger partial charge on any atom is -0.455 e. The van der Waals surface area contributed by atoms with E-state index < -0.39 is 24.4 Å². The molecule has 1 heterocycles. The Balaban J connectivity index is 1.57. The highest BCUT2D eigenvalue weighted by Crippen LogP contribution is 2.38. The van der Waals surface area contributed by atoms with Gasteiger partial charge in [-0.15, -0.1) is 11.3 Å². The molecule has 2 amide bonds. The van der Waals surface area contributed by atoms with Crippen molar-refractivity contribution >= 4 is 45.7 Å². The van der Waals surface area contributed by atoms with Crippen molar-refractivity contribution in [3.63, 3.8) is 0 Å². The van der Waals surface area contributed by atoms with Crippen LogP contribution in [-0.4, -0.2) is 24.4 Å². The maximum atomic E-state index is 12.1. The summed E-state index contributed by atoms with van der Waals surface area (Å²) in [5.74, 6) is -1.63. The third-order valence-electron chi connectivity index (χ3n) is 4.08. The van der Waals surface area contributed by atoms with E-state index >= 15 is 0 Å². The molecule has 0 saturated heterocycles. The summed E-state index contributed by atoms with van der Waals surface area (Å²) in [7, 11) is 0. The van der Waals surface area contributed by atoms with Gasteiger partial charge in [0, 0.05) is 9.90 Å². The molecule has 26 heavy (non-hydrogen) atoms. The van der Waals surface area contributed by atoms with Gasteiger partial charge < -0.3 is 15.8 Å². The molecule has 0 bridgehead atoms. The Hall–Kier alpha value is -2.38. The van der Waals surface area contributed by atoms with Gasteiger partial charge in [0.25, 0.3) is 11.8 Å². The molecule has 0 aliphatic heterocycles. The minimum atomic E-state index is -0.560. The first-order valence-electron chi connectivity index (χ1n) is 8.09. The molecule has 136 valence electrons. The number of primary amides is 1. The Morgan fingerprint density at radius 3 is 2.73 bits per heavy atom. The van der Waals surface area contributed by atoms with Crippen LogP contribution in [0.5, 0.6) is 0 Å². The van der Waals surface area contributed by atoms with Gasteiger partial charge in [-0.25, -0.2) is 0 Å². The van der Waals surface area contributed by atoms with Gasteiger partial charge in [-0.3, -0.25) is 14.4 Å². The molecule has 3 rings (SSSR count). The zero-order valence-corrected chi connectivity index (χ0v) is 15.4. The number of carbonyl (C=O) groups is 3. The Labute approximate surface area is 159 Å². The molecule has 1 aromatic carbocycles. The maximum absolute atomic E-state index is 12.1. The van der Waals surface area contributed by atoms with Crippen molar-refractivity contribution in [2.24, 2.45) is 5.73 Å². The number of nitrogens with two attached hydrogens (primary N) is 1. The smallest absolute Gasteiger partial charge is 0.310 e. The van der Waals surface area contributed by atoms with Gasteiger partial charge in [0.2, 0.25) is 0 Å². The lowest BCUT2D eigenvalue weighted by Crippen LogP contribution is -2.23. The van der Waals surface area contributed by atoms with Gasteiger partial charge in [-0.2, -0.15) is 0 Å². The molecule has 2 aromatic rings. The molecule has 1 aliphatic rings. The molecule has 1 aromatic heterocycles. The number of carbonyl (C=O) groups excluding carboxylic acids is 3. The lowest BCUT2D eigenvalue weighted by Gasteiger charge is -2.08. The fourth-order valence-corrected chi connectivity index (χ4v) is 4.42. The third-order valence-corrected chi connectivity index (χ3v) is 5.65. The zero-order valence-electron chi connectivity index (χ0n) is 13.8. The lowest BCUT2D eigenvalue weighted by molar-refractivity contribution is -0.146. The molecule has 0 spiro atoms. The van der Waals surface area contributed by atoms with E-state index in [4.69, 9.17) is 22.1 Å². The van der Waals surface area contributed by atoms with Crippen LogP contribution < -0.4 is 11.1 Å². The highest BCUT2D eigenvalue weighted by molar-refractivity contribution is 7.17. The van der Waals surface area contributed by atoms with Crippen molar-refractivity contribution in [1.29, 1.82) is 0 Å². The average molecular weight is 393 g/mol. The summed E-state index contributed by atoms with van der Waals surface area (Å²) in [6.07, 6.45) is 2.62. The van der Waals surface area contributed by atoms with Crippen LogP contribution in [0, 0.1) is 0 Å². The van der Waals surface area contributed by atoms with Gasteiger partial charge in [0.05, 0.1) is 12.0 Å². The number of esters is 1. The highest BCUT2D eigenvalue weighted by atomic mass is 35.5. The van der Waals surface area contributed by atoms with Crippen molar-refractivity contribution in [3.8, 4) is 0 Å². The van der Waals surface area contributed by atoms with Crippen molar-refractivity contribution in [1.82, 2.24) is 0 Å². The van der Waals surface area contributed by atoms with Gasteiger partial charge in [-0.1, -0.05) is 29.8 Å². The van der Waals surface area contributed by atoms with E-state index in [9.17, 15) is 14.4 Å². The third kappa shape index (κ3) is 4.05. The second-order valence-corrected chi connectivity index (χ2v) is 7.42. The number of anilines is 1. The monoisotopic (exact) mass is 392 g/mol. The zero-order chi connectivity index (χ0) is 18.7. The SMILES string of the molecule is NC(=O)c1c(NC(=O)COC(=O)Cc2ccccc2Cl)sc2c1CCC2. The largest absolute Gasteiger partial charge is 0.455 e. The number of rotatable bonds is 6. The molecule has 1 aliphatic carbocycles. The summed E-state index contributed by atoms with van der Waals surface area (Å²) in [5.41, 5.74) is 7.38. The molecule has 8 heteroatoms. The van der Waals surface area contributed by atoms with Gasteiger partial charge in [0.1, 0.15) is 5.00 Å². The number of aryl methyl sites for hydroxylation is 1. The number of hydrogen-bond donors (Lipinski definition) is 2. The number of fused-ring (bicyclic) bond motifs is 1. The van der Waals surface area contributed by atoms with E-state index in [1.165, 1.54) is 11.3 Å². The van der Waals surface area contributed by atoms with Crippen LogP contribution in [0.2, 0.25) is 5.02 Å². The molecule has 0 atom stereocenters. The number of ether oxygens (including phenoxy) is 1. The van der Waals surface area contributed by atoms with E-state index in [1.807, 2.05) is 0 Å². The fourth-order valence-electron chi connectivity index (χ4n) is 2.91. The van der Waals surface area contributed by atoms with Crippen LogP contribution in [0.3, 0.4) is 0 Å². The number of benzene rings is 1. The quantitative estimate of drug-likeness (QED) is 0.738. The number of nitrogens with one attached hydrogen (secondary N) is 1. The van der Waals surface area contributed by atoms with Crippen LogP contribution in [-0.2, 0) is 33.6 Å². The molecule has 0 saturated carbocycles. The maximum Gasteiger partial charge on any atom is 0.310 e.